The molecule has 0 aromatic heterocycles. The Morgan fingerprint density at radius 3 is 2.11 bits per heavy atom. The average molecular weight is 272 g/mol. The molecule has 2 unspecified atom stereocenters. The minimum atomic E-state index is -1.29. The van der Waals surface area contributed by atoms with E-state index in [2.05, 4.69) is 0 Å². The van der Waals surface area contributed by atoms with Crippen LogP contribution < -0.4 is 0 Å². The van der Waals surface area contributed by atoms with E-state index in [1.807, 2.05) is 0 Å². The van der Waals surface area contributed by atoms with Gasteiger partial charge in [0.2, 0.25) is 0 Å². The molecule has 0 amide bonds. The van der Waals surface area contributed by atoms with Gasteiger partial charge < -0.3 is 5.11 Å². The van der Waals surface area contributed by atoms with Gasteiger partial charge in [0.25, 0.3) is 0 Å². The van der Waals surface area contributed by atoms with Crippen molar-refractivity contribution in [3.63, 3.8) is 0 Å². The molecule has 1 N–H and O–H groups in total. The molecule has 0 radical (unpaired) electrons. The highest BCUT2D eigenvalue weighted by Crippen LogP contribution is 2.35. The molecule has 2 atom stereocenters. The minimum Gasteiger partial charge on any atom is -0.481 e. The summed E-state index contributed by atoms with van der Waals surface area (Å²) in [5.41, 5.74) is -0.848. The quantitative estimate of drug-likeness (QED) is 0.861. The van der Waals surface area contributed by atoms with Gasteiger partial charge in [0, 0.05) is 18.1 Å². The molecule has 3 nitrogen and oxygen atoms in total. The Bertz CT molecular complexity index is 519. The highest BCUT2D eigenvalue weighted by atomic mass is 19.1. The van der Waals surface area contributed by atoms with Gasteiger partial charge in [0.05, 0.1) is 11.5 Å². The Balaban J connectivity index is 2.37. The number of carboxylic acid groups (broad SMARTS) is 1. The molecule has 0 heterocycles. The van der Waals surface area contributed by atoms with Gasteiger partial charge in [0.1, 0.15) is 17.5 Å². The molecule has 2 rings (SSSR count). The third kappa shape index (κ3) is 2.47. The van der Waals surface area contributed by atoms with E-state index in [9.17, 15) is 22.8 Å². The van der Waals surface area contributed by atoms with Crippen molar-refractivity contribution in [3.05, 3.63) is 35.1 Å². The Labute approximate surface area is 107 Å². The van der Waals surface area contributed by atoms with Crippen molar-refractivity contribution < 1.29 is 27.9 Å². The van der Waals surface area contributed by atoms with Crippen molar-refractivity contribution in [1.82, 2.24) is 0 Å². The molecule has 1 aliphatic carbocycles. The Kier molecular flexibility index (Phi) is 3.59. The standard InChI is InChI=1S/C13H11F3O3/c14-6-4-9(15)11(10(16)5-6)12(17)7-2-1-3-8(7)13(18)19/h4-5,7-8H,1-3H2,(H,18,19). The predicted molar refractivity (Wildman–Crippen MR) is 59.1 cm³/mol. The van der Waals surface area contributed by atoms with Crippen LogP contribution in [-0.2, 0) is 4.79 Å². The van der Waals surface area contributed by atoms with Crippen LogP contribution in [0, 0.1) is 29.3 Å². The smallest absolute Gasteiger partial charge is 0.307 e. The third-order valence-corrected chi connectivity index (χ3v) is 3.42. The SMILES string of the molecule is O=C(O)C1CCCC1C(=O)c1c(F)cc(F)cc1F. The zero-order chi connectivity index (χ0) is 14.2. The number of halogens is 3. The summed E-state index contributed by atoms with van der Waals surface area (Å²) < 4.78 is 39.8. The number of carbonyl (C=O) groups is 2. The molecule has 102 valence electrons. The summed E-state index contributed by atoms with van der Waals surface area (Å²) in [4.78, 5) is 23.0. The molecule has 1 fully saturated rings. The van der Waals surface area contributed by atoms with Crippen molar-refractivity contribution in [2.45, 2.75) is 19.3 Å². The lowest BCUT2D eigenvalue weighted by atomic mass is 9.88. The number of aliphatic carboxylic acids is 1. The molecule has 1 saturated carbocycles. The second-order valence-electron chi connectivity index (χ2n) is 4.59. The Hall–Kier alpha value is -1.85. The van der Waals surface area contributed by atoms with E-state index in [1.165, 1.54) is 0 Å². The van der Waals surface area contributed by atoms with Crippen molar-refractivity contribution in [2.24, 2.45) is 11.8 Å². The number of carboxylic acids is 1. The van der Waals surface area contributed by atoms with Gasteiger partial charge in [-0.15, -0.1) is 0 Å². The van der Waals surface area contributed by atoms with Crippen LogP contribution in [0.5, 0.6) is 0 Å². The van der Waals surface area contributed by atoms with Crippen LogP contribution in [0.15, 0.2) is 12.1 Å². The summed E-state index contributed by atoms with van der Waals surface area (Å²) in [6.45, 7) is 0. The fraction of sp³-hybridized carbons (Fsp3) is 0.385. The number of hydrogen-bond acceptors (Lipinski definition) is 2. The normalized spacial score (nSPS) is 22.5. The zero-order valence-corrected chi connectivity index (χ0v) is 9.83. The maximum atomic E-state index is 13.5. The van der Waals surface area contributed by atoms with Crippen molar-refractivity contribution in [1.29, 1.82) is 0 Å². The maximum absolute atomic E-state index is 13.5. The fourth-order valence-corrected chi connectivity index (χ4v) is 2.53. The van der Waals surface area contributed by atoms with Crippen LogP contribution in [0.4, 0.5) is 13.2 Å². The molecule has 0 spiro atoms. The highest BCUT2D eigenvalue weighted by Gasteiger charge is 2.39. The van der Waals surface area contributed by atoms with Gasteiger partial charge in [-0.2, -0.15) is 0 Å². The topological polar surface area (TPSA) is 54.4 Å². The number of rotatable bonds is 3. The second-order valence-corrected chi connectivity index (χ2v) is 4.59. The van der Waals surface area contributed by atoms with E-state index >= 15 is 0 Å². The summed E-state index contributed by atoms with van der Waals surface area (Å²) in [5, 5.41) is 8.96. The van der Waals surface area contributed by atoms with E-state index in [0.717, 1.165) is 0 Å². The monoisotopic (exact) mass is 272 g/mol. The highest BCUT2D eigenvalue weighted by molar-refractivity contribution is 6.00. The van der Waals surface area contributed by atoms with Gasteiger partial charge in [-0.05, 0) is 12.8 Å². The van der Waals surface area contributed by atoms with Crippen molar-refractivity contribution >= 4 is 11.8 Å². The first-order chi connectivity index (χ1) is 8.91. The summed E-state index contributed by atoms with van der Waals surface area (Å²) in [7, 11) is 0. The Morgan fingerprint density at radius 1 is 1.05 bits per heavy atom. The molecule has 0 saturated heterocycles. The fourth-order valence-electron chi connectivity index (χ4n) is 2.53. The largest absolute Gasteiger partial charge is 0.481 e. The lowest BCUT2D eigenvalue weighted by Crippen LogP contribution is -2.26. The molecule has 1 aromatic rings. The van der Waals surface area contributed by atoms with E-state index < -0.39 is 46.6 Å². The summed E-state index contributed by atoms with van der Waals surface area (Å²) in [6, 6.07) is 0.835. The predicted octanol–water partition coefficient (Wildman–Crippen LogP) is 2.79. The number of benzene rings is 1. The van der Waals surface area contributed by atoms with Gasteiger partial charge in [0.15, 0.2) is 5.78 Å². The van der Waals surface area contributed by atoms with Gasteiger partial charge >= 0.3 is 5.97 Å². The first kappa shape index (κ1) is 13.6. The molecule has 6 heteroatoms. The third-order valence-electron chi connectivity index (χ3n) is 3.42. The second kappa shape index (κ2) is 5.03. The van der Waals surface area contributed by atoms with Crippen LogP contribution in [0.3, 0.4) is 0 Å². The molecular formula is C13H11F3O3. The van der Waals surface area contributed by atoms with Crippen LogP contribution in [0.25, 0.3) is 0 Å². The number of Topliss-reactive ketones (excluding diaryl/α,β-unsaturated/α-hetero) is 1. The number of carbonyl (C=O) groups excluding carboxylic acids is 1. The molecule has 0 aliphatic heterocycles. The lowest BCUT2D eigenvalue weighted by molar-refractivity contribution is -0.142. The van der Waals surface area contributed by atoms with E-state index in [4.69, 9.17) is 5.11 Å². The van der Waals surface area contributed by atoms with Crippen LogP contribution in [-0.4, -0.2) is 16.9 Å². The molecule has 1 aliphatic rings. The lowest BCUT2D eigenvalue weighted by Gasteiger charge is -2.15. The summed E-state index contributed by atoms with van der Waals surface area (Å²) in [6.07, 6.45) is 1.08. The van der Waals surface area contributed by atoms with E-state index in [1.54, 1.807) is 0 Å². The molecular weight excluding hydrogens is 261 g/mol. The van der Waals surface area contributed by atoms with Crippen molar-refractivity contribution in [2.75, 3.05) is 0 Å². The minimum absolute atomic E-state index is 0.270. The summed E-state index contributed by atoms with van der Waals surface area (Å²) in [5.74, 6) is -7.65. The van der Waals surface area contributed by atoms with Gasteiger partial charge in [-0.25, -0.2) is 13.2 Å². The maximum Gasteiger partial charge on any atom is 0.307 e. The first-order valence-corrected chi connectivity index (χ1v) is 5.83. The zero-order valence-electron chi connectivity index (χ0n) is 9.83. The van der Waals surface area contributed by atoms with Crippen LogP contribution in [0.1, 0.15) is 29.6 Å². The van der Waals surface area contributed by atoms with Crippen LogP contribution in [0.2, 0.25) is 0 Å². The number of hydrogen-bond donors (Lipinski definition) is 1. The van der Waals surface area contributed by atoms with Gasteiger partial charge in [-0.3, -0.25) is 9.59 Å². The first-order valence-electron chi connectivity index (χ1n) is 5.83. The van der Waals surface area contributed by atoms with E-state index in [-0.39, 0.29) is 6.42 Å². The summed E-state index contributed by atoms with van der Waals surface area (Å²) >= 11 is 0. The molecule has 0 bridgehead atoms. The molecule has 1 aromatic carbocycles. The van der Waals surface area contributed by atoms with Gasteiger partial charge in [-0.1, -0.05) is 6.42 Å². The van der Waals surface area contributed by atoms with Crippen molar-refractivity contribution in [3.8, 4) is 0 Å². The number of ketones is 1. The molecule has 19 heavy (non-hydrogen) atoms. The van der Waals surface area contributed by atoms with Crippen LogP contribution >= 0.6 is 0 Å². The Morgan fingerprint density at radius 2 is 1.58 bits per heavy atom. The average Bonchev–Trinajstić information content (AvgIpc) is 2.75. The van der Waals surface area contributed by atoms with E-state index in [0.29, 0.717) is 25.0 Å².